The molecule has 3 N–H and O–H groups in total. The highest BCUT2D eigenvalue weighted by atomic mass is 127. The van der Waals surface area contributed by atoms with Crippen LogP contribution in [0.25, 0.3) is 11.0 Å². The quantitative estimate of drug-likeness (QED) is 0.365. The number of fused-ring (bicyclic) bond motifs is 1. The fourth-order valence-corrected chi connectivity index (χ4v) is 4.14. The summed E-state index contributed by atoms with van der Waals surface area (Å²) in [5, 5.41) is 6.83. The summed E-state index contributed by atoms with van der Waals surface area (Å²) < 4.78 is 0.344. The van der Waals surface area contributed by atoms with Crippen molar-refractivity contribution in [2.45, 2.75) is 30.9 Å². The molecule has 0 spiro atoms. The molecule has 0 aliphatic carbocycles. The topological polar surface area (TPSA) is 65.1 Å². The van der Waals surface area contributed by atoms with Crippen molar-refractivity contribution in [2.24, 2.45) is 4.99 Å². The minimum absolute atomic E-state index is 0. The second-order valence-corrected chi connectivity index (χ2v) is 7.89. The van der Waals surface area contributed by atoms with Crippen LogP contribution in [0.3, 0.4) is 0 Å². The molecule has 1 aliphatic rings. The van der Waals surface area contributed by atoms with Gasteiger partial charge in [-0.05, 0) is 37.7 Å². The van der Waals surface area contributed by atoms with E-state index in [9.17, 15) is 0 Å². The smallest absolute Gasteiger partial charge is 0.191 e. The van der Waals surface area contributed by atoms with Crippen LogP contribution in [0.5, 0.6) is 0 Å². The van der Waals surface area contributed by atoms with Gasteiger partial charge in [-0.3, -0.25) is 4.99 Å². The average Bonchev–Trinajstić information content (AvgIpc) is 3.17. The number of halogens is 1. The molecule has 5 nitrogen and oxygen atoms in total. The monoisotopic (exact) mass is 459 g/mol. The van der Waals surface area contributed by atoms with Crippen molar-refractivity contribution in [3.8, 4) is 0 Å². The zero-order chi connectivity index (χ0) is 16.1. The molecule has 0 bridgehead atoms. The predicted octanol–water partition coefficient (Wildman–Crippen LogP) is 3.17. The van der Waals surface area contributed by atoms with E-state index in [0.29, 0.717) is 4.75 Å². The van der Waals surface area contributed by atoms with Crippen molar-refractivity contribution < 1.29 is 0 Å². The molecule has 7 heteroatoms. The minimum atomic E-state index is 0. The summed E-state index contributed by atoms with van der Waals surface area (Å²) in [4.78, 5) is 12.3. The van der Waals surface area contributed by atoms with Crippen molar-refractivity contribution in [2.75, 3.05) is 25.9 Å². The van der Waals surface area contributed by atoms with Crippen LogP contribution in [-0.2, 0) is 6.42 Å². The van der Waals surface area contributed by atoms with Crippen molar-refractivity contribution >= 4 is 52.7 Å². The lowest BCUT2D eigenvalue weighted by Crippen LogP contribution is -2.44. The van der Waals surface area contributed by atoms with Crippen LogP contribution < -0.4 is 10.6 Å². The van der Waals surface area contributed by atoms with E-state index in [-0.39, 0.29) is 24.0 Å². The number of nitrogens with one attached hydrogen (secondary N) is 3. The maximum atomic E-state index is 4.60. The zero-order valence-corrected chi connectivity index (χ0v) is 17.4. The van der Waals surface area contributed by atoms with Gasteiger partial charge in [0.05, 0.1) is 11.0 Å². The summed E-state index contributed by atoms with van der Waals surface area (Å²) in [5.41, 5.74) is 2.12. The lowest BCUT2D eigenvalue weighted by molar-refractivity contribution is 0.584. The van der Waals surface area contributed by atoms with E-state index in [0.717, 1.165) is 42.3 Å². The van der Waals surface area contributed by atoms with Crippen LogP contribution in [0.2, 0.25) is 0 Å². The Morgan fingerprint density at radius 3 is 2.92 bits per heavy atom. The highest BCUT2D eigenvalue weighted by Crippen LogP contribution is 2.36. The number of H-pyrrole nitrogens is 1. The molecule has 2 heterocycles. The van der Waals surface area contributed by atoms with Gasteiger partial charge in [-0.25, -0.2) is 4.98 Å². The summed E-state index contributed by atoms with van der Waals surface area (Å²) in [6, 6.07) is 8.12. The maximum Gasteiger partial charge on any atom is 0.191 e. The Balaban J connectivity index is 0.00000208. The molecule has 3 rings (SSSR count). The van der Waals surface area contributed by atoms with Gasteiger partial charge in [-0.1, -0.05) is 12.1 Å². The molecular weight excluding hydrogens is 433 g/mol. The lowest BCUT2D eigenvalue weighted by Gasteiger charge is -2.24. The molecule has 132 valence electrons. The predicted molar refractivity (Wildman–Crippen MR) is 115 cm³/mol. The number of hydrogen-bond donors (Lipinski definition) is 3. The average molecular weight is 459 g/mol. The Kier molecular flexibility index (Phi) is 7.21. The number of hydrogen-bond acceptors (Lipinski definition) is 3. The Labute approximate surface area is 164 Å². The molecular formula is C17H26IN5S. The Morgan fingerprint density at radius 1 is 1.38 bits per heavy atom. The number of guanidine groups is 1. The summed E-state index contributed by atoms with van der Waals surface area (Å²) in [7, 11) is 1.82. The van der Waals surface area contributed by atoms with Crippen LogP contribution in [0.1, 0.15) is 25.6 Å². The second kappa shape index (κ2) is 8.94. The number of thioether (sulfide) groups is 1. The van der Waals surface area contributed by atoms with Crippen LogP contribution in [0, 0.1) is 0 Å². The number of benzene rings is 1. The number of para-hydroxylation sites is 2. The van der Waals surface area contributed by atoms with Gasteiger partial charge in [0.15, 0.2) is 5.96 Å². The van der Waals surface area contributed by atoms with E-state index in [2.05, 4.69) is 50.3 Å². The van der Waals surface area contributed by atoms with Gasteiger partial charge in [0.25, 0.3) is 0 Å². The Bertz CT molecular complexity index is 645. The van der Waals surface area contributed by atoms with Crippen LogP contribution in [0.4, 0.5) is 0 Å². The van der Waals surface area contributed by atoms with Gasteiger partial charge >= 0.3 is 0 Å². The number of rotatable bonds is 5. The largest absolute Gasteiger partial charge is 0.356 e. The number of aromatic nitrogens is 2. The van der Waals surface area contributed by atoms with Crippen LogP contribution in [-0.4, -0.2) is 46.6 Å². The van der Waals surface area contributed by atoms with Gasteiger partial charge in [-0.15, -0.1) is 24.0 Å². The molecule has 1 aromatic heterocycles. The van der Waals surface area contributed by atoms with Crippen LogP contribution in [0.15, 0.2) is 29.3 Å². The van der Waals surface area contributed by atoms with Gasteiger partial charge in [0.2, 0.25) is 0 Å². The molecule has 1 saturated heterocycles. The summed E-state index contributed by atoms with van der Waals surface area (Å²) in [5.74, 6) is 3.15. The molecule has 0 amide bonds. The molecule has 1 unspecified atom stereocenters. The minimum Gasteiger partial charge on any atom is -0.356 e. The molecule has 24 heavy (non-hydrogen) atoms. The van der Waals surface area contributed by atoms with Crippen molar-refractivity contribution in [3.05, 3.63) is 30.1 Å². The first-order valence-electron chi connectivity index (χ1n) is 8.21. The van der Waals surface area contributed by atoms with E-state index in [1.165, 1.54) is 18.6 Å². The summed E-state index contributed by atoms with van der Waals surface area (Å²) in [6.45, 7) is 4.10. The zero-order valence-electron chi connectivity index (χ0n) is 14.3. The third-order valence-corrected chi connectivity index (χ3v) is 5.78. The Morgan fingerprint density at radius 2 is 2.21 bits per heavy atom. The van der Waals surface area contributed by atoms with Crippen molar-refractivity contribution in [3.63, 3.8) is 0 Å². The van der Waals surface area contributed by atoms with Gasteiger partial charge in [-0.2, -0.15) is 11.8 Å². The molecule has 2 aromatic rings. The fraction of sp³-hybridized carbons (Fsp3) is 0.529. The van der Waals surface area contributed by atoms with E-state index in [4.69, 9.17) is 0 Å². The van der Waals surface area contributed by atoms with E-state index in [1.807, 2.05) is 25.2 Å². The standard InChI is InChI=1S/C17H25N5S.HI/c1-17(9-5-11-23-17)12-20-16(18-2)19-10-8-15-21-13-6-3-4-7-14(13)22-15;/h3-4,6-7H,5,8-12H2,1-2H3,(H,21,22)(H2,18,19,20);1H. The SMILES string of the molecule is CN=C(NCCc1nc2ccccc2[nH]1)NCC1(C)CCCS1.I. The number of aromatic amines is 1. The first kappa shape index (κ1) is 19.4. The molecule has 1 aromatic carbocycles. The van der Waals surface area contributed by atoms with Gasteiger partial charge in [0, 0.05) is 31.3 Å². The van der Waals surface area contributed by atoms with Crippen LogP contribution >= 0.6 is 35.7 Å². The molecule has 0 radical (unpaired) electrons. The van der Waals surface area contributed by atoms with Crippen molar-refractivity contribution in [1.29, 1.82) is 0 Å². The highest BCUT2D eigenvalue weighted by molar-refractivity contribution is 14.0. The van der Waals surface area contributed by atoms with E-state index < -0.39 is 0 Å². The lowest BCUT2D eigenvalue weighted by atomic mass is 10.1. The maximum absolute atomic E-state index is 4.60. The molecule has 1 fully saturated rings. The number of imidazole rings is 1. The van der Waals surface area contributed by atoms with E-state index in [1.54, 1.807) is 0 Å². The molecule has 1 aliphatic heterocycles. The third-order valence-electron chi connectivity index (χ3n) is 4.25. The summed E-state index contributed by atoms with van der Waals surface area (Å²) >= 11 is 2.06. The third kappa shape index (κ3) is 5.02. The Hall–Kier alpha value is -0.960. The van der Waals surface area contributed by atoms with E-state index >= 15 is 0 Å². The molecule has 1 atom stereocenters. The normalized spacial score (nSPS) is 20.8. The second-order valence-electron chi connectivity index (χ2n) is 6.21. The summed E-state index contributed by atoms with van der Waals surface area (Å²) in [6.07, 6.45) is 3.45. The van der Waals surface area contributed by atoms with Gasteiger partial charge < -0.3 is 15.6 Å². The fourth-order valence-electron chi connectivity index (χ4n) is 2.89. The van der Waals surface area contributed by atoms with Crippen molar-refractivity contribution in [1.82, 2.24) is 20.6 Å². The number of nitrogens with zero attached hydrogens (tertiary/aromatic N) is 2. The first-order valence-corrected chi connectivity index (χ1v) is 9.19. The highest BCUT2D eigenvalue weighted by Gasteiger charge is 2.29. The van der Waals surface area contributed by atoms with Gasteiger partial charge in [0.1, 0.15) is 5.82 Å². The first-order chi connectivity index (χ1) is 11.2. The molecule has 0 saturated carbocycles. The number of aliphatic imine (C=N–C) groups is 1.